The Morgan fingerprint density at radius 1 is 0.323 bits per heavy atom. The second-order valence-electron chi connectivity index (χ2n) is 16.9. The topological polar surface area (TPSA) is 77.3 Å². The van der Waals surface area contributed by atoms with Gasteiger partial charge in [-0.1, -0.05) is 212 Å². The Morgan fingerprint density at radius 3 is 1.05 bits per heavy atom. The first-order valence-electron chi connectivity index (χ1n) is 22.2. The predicted octanol–water partition coefficient (Wildman–Crippen LogP) is 14.7. The summed E-state index contributed by atoms with van der Waals surface area (Å²) >= 11 is 0. The van der Waals surface area contributed by atoms with Crippen LogP contribution in [0.4, 0.5) is 0 Å². The van der Waals surface area contributed by atoms with E-state index >= 15 is 0 Å². The average molecular weight is 837 g/mol. The number of rotatable bonds is 8. The predicted molar refractivity (Wildman–Crippen MR) is 267 cm³/mol. The second kappa shape index (κ2) is 16.8. The maximum Gasteiger partial charge on any atom is 0.164 e. The second-order valence-corrected chi connectivity index (χ2v) is 16.9. The van der Waals surface area contributed by atoms with Crippen molar-refractivity contribution in [3.05, 3.63) is 211 Å². The van der Waals surface area contributed by atoms with Gasteiger partial charge in [0.25, 0.3) is 0 Å². The Bertz CT molecular complexity index is 3450. The molecule has 2 aromatic heterocycles. The van der Waals surface area contributed by atoms with E-state index in [4.69, 9.17) is 29.9 Å². The molecule has 6 nitrogen and oxygen atoms in total. The highest BCUT2D eigenvalue weighted by atomic mass is 15.0. The van der Waals surface area contributed by atoms with Crippen LogP contribution in [-0.2, 0) is 0 Å². The lowest BCUT2D eigenvalue weighted by Gasteiger charge is -2.19. The van der Waals surface area contributed by atoms with E-state index in [1.165, 1.54) is 32.7 Å². The number of hydrogen-bond donors (Lipinski definition) is 0. The third-order valence-electron chi connectivity index (χ3n) is 12.6. The molecule has 310 valence electrons. The van der Waals surface area contributed by atoms with Gasteiger partial charge in [0.1, 0.15) is 0 Å². The molecular formula is C59H44N6. The van der Waals surface area contributed by atoms with E-state index in [9.17, 15) is 0 Å². The molecule has 0 aliphatic heterocycles. The third-order valence-corrected chi connectivity index (χ3v) is 12.6. The van der Waals surface area contributed by atoms with Crippen molar-refractivity contribution in [2.75, 3.05) is 0 Å². The zero-order valence-corrected chi connectivity index (χ0v) is 36.4. The first kappa shape index (κ1) is 39.6. The van der Waals surface area contributed by atoms with Gasteiger partial charge in [0.2, 0.25) is 0 Å². The van der Waals surface area contributed by atoms with E-state index < -0.39 is 0 Å². The van der Waals surface area contributed by atoms with Crippen LogP contribution in [-0.4, -0.2) is 29.9 Å². The van der Waals surface area contributed by atoms with Crippen LogP contribution >= 0.6 is 0 Å². The summed E-state index contributed by atoms with van der Waals surface area (Å²) in [5.74, 6) is 4.36. The summed E-state index contributed by atoms with van der Waals surface area (Å²) in [5, 5.41) is 4.78. The summed E-state index contributed by atoms with van der Waals surface area (Å²) in [6.45, 7) is 6.53. The van der Waals surface area contributed by atoms with E-state index in [0.29, 0.717) is 35.0 Å². The van der Waals surface area contributed by atoms with Crippen molar-refractivity contribution < 1.29 is 0 Å². The molecule has 0 saturated heterocycles. The standard InChI is InChI=1S/C59H44N6/c1-37-22-25-44(26-23-37)56-60-54(42-14-6-4-7-15-42)61-57(63-56)45-32-28-40(29-33-45)52-50-20-12-10-18-48(50)49-19-11-13-21-51(49)53(52)41-30-34-46(35-31-41)58-62-55(43-16-8-5-9-17-43)64-59(65-58)47-27-24-38(2)39(3)36-47/h4-35,39H,36H2,1-3H3. The molecule has 11 rings (SSSR count). The molecule has 6 heteroatoms. The van der Waals surface area contributed by atoms with E-state index in [0.717, 1.165) is 67.9 Å². The molecule has 1 unspecified atom stereocenters. The highest BCUT2D eigenvalue weighted by molar-refractivity contribution is 6.21. The van der Waals surface area contributed by atoms with Gasteiger partial charge in [-0.05, 0) is 75.6 Å². The molecule has 1 aliphatic rings. The highest BCUT2D eigenvalue weighted by Crippen LogP contribution is 2.45. The van der Waals surface area contributed by atoms with Gasteiger partial charge < -0.3 is 0 Å². The number of hydrogen-bond acceptors (Lipinski definition) is 6. The SMILES string of the molecule is CC1=CC=C(c2nc(-c3ccccc3)nc(-c3ccc(-c4c(-c5ccc(-c6nc(-c7ccccc7)nc(-c7ccc(C)cc7)n6)cc5)c5ccccc5c5ccccc45)cc3)n2)CC1C. The smallest absolute Gasteiger partial charge is 0.164 e. The lowest BCUT2D eigenvalue weighted by molar-refractivity contribution is 0.693. The number of nitrogens with zero attached hydrogens (tertiary/aromatic N) is 6. The zero-order chi connectivity index (χ0) is 43.9. The maximum atomic E-state index is 5.12. The summed E-state index contributed by atoms with van der Waals surface area (Å²) in [6.07, 6.45) is 5.25. The molecule has 0 spiro atoms. The quantitative estimate of drug-likeness (QED) is 0.142. The Labute approximate surface area is 378 Å². The largest absolute Gasteiger partial charge is 0.209 e. The van der Waals surface area contributed by atoms with Crippen molar-refractivity contribution in [1.29, 1.82) is 0 Å². The van der Waals surface area contributed by atoms with Crippen molar-refractivity contribution in [3.8, 4) is 79.2 Å². The molecule has 10 aromatic rings. The Morgan fingerprint density at radius 2 is 0.646 bits per heavy atom. The van der Waals surface area contributed by atoms with Crippen molar-refractivity contribution >= 4 is 27.1 Å². The fourth-order valence-corrected chi connectivity index (χ4v) is 8.85. The lowest BCUT2D eigenvalue weighted by Crippen LogP contribution is -2.08. The molecule has 1 atom stereocenters. The molecule has 0 amide bonds. The summed E-state index contributed by atoms with van der Waals surface area (Å²) in [4.78, 5) is 30.2. The van der Waals surface area contributed by atoms with Crippen LogP contribution in [0.5, 0.6) is 0 Å². The molecule has 0 fully saturated rings. The van der Waals surface area contributed by atoms with E-state index in [-0.39, 0.29) is 0 Å². The first-order chi connectivity index (χ1) is 31.9. The van der Waals surface area contributed by atoms with Gasteiger partial charge in [-0.3, -0.25) is 0 Å². The zero-order valence-electron chi connectivity index (χ0n) is 36.4. The van der Waals surface area contributed by atoms with Gasteiger partial charge in [0.15, 0.2) is 34.9 Å². The summed E-state index contributed by atoms with van der Waals surface area (Å²) < 4.78 is 0. The van der Waals surface area contributed by atoms with E-state index in [1.54, 1.807) is 0 Å². The maximum absolute atomic E-state index is 5.12. The number of allylic oxidation sites excluding steroid dienone is 4. The number of aryl methyl sites for hydroxylation is 1. The van der Waals surface area contributed by atoms with Crippen LogP contribution in [0.25, 0.3) is 106 Å². The lowest BCUT2D eigenvalue weighted by atomic mass is 9.84. The minimum absolute atomic E-state index is 0.422. The highest BCUT2D eigenvalue weighted by Gasteiger charge is 2.21. The van der Waals surface area contributed by atoms with Gasteiger partial charge in [-0.25, -0.2) is 29.9 Å². The van der Waals surface area contributed by atoms with Gasteiger partial charge in [-0.15, -0.1) is 0 Å². The molecule has 0 N–H and O–H groups in total. The molecule has 2 heterocycles. The van der Waals surface area contributed by atoms with Crippen molar-refractivity contribution in [2.45, 2.75) is 27.2 Å². The van der Waals surface area contributed by atoms with Crippen LogP contribution in [0.3, 0.4) is 0 Å². The Hall–Kier alpha value is -8.22. The van der Waals surface area contributed by atoms with E-state index in [2.05, 4.69) is 166 Å². The summed E-state index contributed by atoms with van der Waals surface area (Å²) in [5.41, 5.74) is 12.9. The third kappa shape index (κ3) is 7.70. The van der Waals surface area contributed by atoms with Crippen LogP contribution < -0.4 is 0 Å². The van der Waals surface area contributed by atoms with Crippen molar-refractivity contribution in [3.63, 3.8) is 0 Å². The normalized spacial score (nSPS) is 13.7. The number of fused-ring (bicyclic) bond motifs is 3. The molecule has 1 aliphatic carbocycles. The summed E-state index contributed by atoms with van der Waals surface area (Å²) in [7, 11) is 0. The Balaban J connectivity index is 1.04. The first-order valence-corrected chi connectivity index (χ1v) is 22.2. The van der Waals surface area contributed by atoms with Crippen LogP contribution in [0.1, 0.15) is 31.7 Å². The number of benzene rings is 8. The van der Waals surface area contributed by atoms with Crippen molar-refractivity contribution in [1.82, 2.24) is 29.9 Å². The monoisotopic (exact) mass is 836 g/mol. The molecule has 0 radical (unpaired) electrons. The van der Waals surface area contributed by atoms with E-state index in [1.807, 2.05) is 48.5 Å². The van der Waals surface area contributed by atoms with Crippen LogP contribution in [0.2, 0.25) is 0 Å². The molecule has 0 saturated carbocycles. The average Bonchev–Trinajstić information content (AvgIpc) is 3.37. The fourth-order valence-electron chi connectivity index (χ4n) is 8.85. The van der Waals surface area contributed by atoms with Crippen LogP contribution in [0, 0.1) is 12.8 Å². The van der Waals surface area contributed by atoms with Gasteiger partial charge >= 0.3 is 0 Å². The minimum atomic E-state index is 0.422. The van der Waals surface area contributed by atoms with Crippen molar-refractivity contribution in [2.24, 2.45) is 5.92 Å². The number of aromatic nitrogens is 6. The fraction of sp³-hybridized carbons (Fsp3) is 0.0847. The van der Waals surface area contributed by atoms with Crippen LogP contribution in [0.15, 0.2) is 200 Å². The molecule has 65 heavy (non-hydrogen) atoms. The minimum Gasteiger partial charge on any atom is -0.209 e. The van der Waals surface area contributed by atoms with Gasteiger partial charge in [-0.2, -0.15) is 0 Å². The molecule has 0 bridgehead atoms. The molecule has 8 aromatic carbocycles. The Kier molecular flexibility index (Phi) is 10.2. The van der Waals surface area contributed by atoms with Gasteiger partial charge in [0.05, 0.1) is 0 Å². The molecular weight excluding hydrogens is 793 g/mol. The van der Waals surface area contributed by atoms with Gasteiger partial charge in [0, 0.05) is 27.8 Å². The summed E-state index contributed by atoms with van der Waals surface area (Å²) in [6, 6.07) is 63.5.